The molecule has 3 aromatic carbocycles. The lowest BCUT2D eigenvalue weighted by atomic mass is 9.94. The zero-order valence-corrected chi connectivity index (χ0v) is 19.8. The molecule has 0 bridgehead atoms. The van der Waals surface area contributed by atoms with Gasteiger partial charge in [-0.25, -0.2) is 0 Å². The minimum Gasteiger partial charge on any atom is -0.492 e. The van der Waals surface area contributed by atoms with Crippen molar-refractivity contribution < 1.29 is 19.1 Å². The lowest BCUT2D eigenvalue weighted by molar-refractivity contribution is -0.114. The van der Waals surface area contributed by atoms with Gasteiger partial charge in [-0.3, -0.25) is 14.5 Å². The van der Waals surface area contributed by atoms with Gasteiger partial charge in [-0.1, -0.05) is 42.5 Å². The normalized spacial score (nSPS) is 15.7. The maximum Gasteiger partial charge on any atom is 0.221 e. The summed E-state index contributed by atoms with van der Waals surface area (Å²) in [6.45, 7) is 6.19. The number of fused-ring (bicyclic) bond motifs is 1. The summed E-state index contributed by atoms with van der Waals surface area (Å²) in [6, 6.07) is 23.1. The number of anilines is 1. The molecule has 5 rings (SSSR count). The number of nitrogens with zero attached hydrogens (tertiary/aromatic N) is 1. The maximum atomic E-state index is 13.8. The van der Waals surface area contributed by atoms with E-state index in [1.54, 1.807) is 0 Å². The quantitative estimate of drug-likeness (QED) is 0.553. The Hall–Kier alpha value is -3.74. The standard InChI is InChI=1S/C29H28N2O4/c1-20(32)30-23-9-5-8-22(18-23)28-27(21-6-3-2-4-7-21)25-11-10-24(19-26(25)29(28)33)35-17-14-31-12-15-34-16-13-31/h2-11,18-19H,12-17H2,1H3,(H,30,32). The molecule has 2 aliphatic rings. The fourth-order valence-electron chi connectivity index (χ4n) is 4.66. The summed E-state index contributed by atoms with van der Waals surface area (Å²) in [5, 5.41) is 2.81. The van der Waals surface area contributed by atoms with Crippen LogP contribution in [-0.4, -0.2) is 56.0 Å². The lowest BCUT2D eigenvalue weighted by Gasteiger charge is -2.26. The highest BCUT2D eigenvalue weighted by molar-refractivity contribution is 6.41. The van der Waals surface area contributed by atoms with Gasteiger partial charge in [-0.15, -0.1) is 0 Å². The second-order valence-electron chi connectivity index (χ2n) is 8.72. The molecule has 6 nitrogen and oxygen atoms in total. The molecule has 0 unspecified atom stereocenters. The Morgan fingerprint density at radius 1 is 0.914 bits per heavy atom. The van der Waals surface area contributed by atoms with Crippen LogP contribution in [0.2, 0.25) is 0 Å². The zero-order valence-electron chi connectivity index (χ0n) is 19.8. The number of allylic oxidation sites excluding steroid dienone is 1. The Morgan fingerprint density at radius 3 is 2.46 bits per heavy atom. The number of morpholine rings is 1. The van der Waals surface area contributed by atoms with E-state index in [1.807, 2.05) is 72.8 Å². The van der Waals surface area contributed by atoms with Crippen molar-refractivity contribution in [2.75, 3.05) is 44.8 Å². The molecule has 3 aromatic rings. The average molecular weight is 469 g/mol. The smallest absolute Gasteiger partial charge is 0.221 e. The summed E-state index contributed by atoms with van der Waals surface area (Å²) in [6.07, 6.45) is 0. The summed E-state index contributed by atoms with van der Waals surface area (Å²) < 4.78 is 11.4. The van der Waals surface area contributed by atoms with Crippen LogP contribution in [0.25, 0.3) is 11.1 Å². The zero-order chi connectivity index (χ0) is 24.2. The second kappa shape index (κ2) is 10.3. The maximum absolute atomic E-state index is 13.8. The fraction of sp³-hybridized carbons (Fsp3) is 0.241. The number of hydrogen-bond acceptors (Lipinski definition) is 5. The summed E-state index contributed by atoms with van der Waals surface area (Å²) >= 11 is 0. The summed E-state index contributed by atoms with van der Waals surface area (Å²) in [5.41, 5.74) is 5.45. The first kappa shape index (κ1) is 23.0. The third-order valence-electron chi connectivity index (χ3n) is 6.30. The van der Waals surface area contributed by atoms with E-state index in [2.05, 4.69) is 10.2 Å². The van der Waals surface area contributed by atoms with E-state index >= 15 is 0 Å². The van der Waals surface area contributed by atoms with Gasteiger partial charge in [-0.2, -0.15) is 0 Å². The minimum absolute atomic E-state index is 0.0440. The summed E-state index contributed by atoms with van der Waals surface area (Å²) in [4.78, 5) is 27.7. The molecule has 1 aliphatic heterocycles. The third-order valence-corrected chi connectivity index (χ3v) is 6.30. The first-order chi connectivity index (χ1) is 17.1. The number of hydrogen-bond donors (Lipinski definition) is 1. The number of Topliss-reactive ketones (excluding diaryl/α,β-unsaturated/α-hetero) is 1. The van der Waals surface area contributed by atoms with Gasteiger partial charge in [0.15, 0.2) is 5.78 Å². The van der Waals surface area contributed by atoms with Gasteiger partial charge in [0.25, 0.3) is 0 Å². The average Bonchev–Trinajstić information content (AvgIpc) is 3.17. The number of benzene rings is 3. The largest absolute Gasteiger partial charge is 0.492 e. The van der Waals surface area contributed by atoms with Gasteiger partial charge >= 0.3 is 0 Å². The predicted octanol–water partition coefficient (Wildman–Crippen LogP) is 4.51. The Labute approximate surface area is 205 Å². The SMILES string of the molecule is CC(=O)Nc1cccc(C2=C(c3ccccc3)c3ccc(OCCN4CCOCC4)cc3C2=O)c1. The number of ketones is 1. The Kier molecular flexibility index (Phi) is 6.75. The van der Waals surface area contributed by atoms with Crippen LogP contribution in [-0.2, 0) is 9.53 Å². The lowest BCUT2D eigenvalue weighted by Crippen LogP contribution is -2.38. The van der Waals surface area contributed by atoms with Crippen molar-refractivity contribution in [2.24, 2.45) is 0 Å². The van der Waals surface area contributed by atoms with Gasteiger partial charge in [-0.05, 0) is 47.0 Å². The second-order valence-corrected chi connectivity index (χ2v) is 8.72. The monoisotopic (exact) mass is 468 g/mol. The highest BCUT2D eigenvalue weighted by Crippen LogP contribution is 2.43. The summed E-state index contributed by atoms with van der Waals surface area (Å²) in [5.74, 6) is 0.489. The molecule has 6 heteroatoms. The van der Waals surface area contributed by atoms with Crippen LogP contribution in [0.15, 0.2) is 72.8 Å². The Bertz CT molecular complexity index is 1280. The summed E-state index contributed by atoms with van der Waals surface area (Å²) in [7, 11) is 0. The van der Waals surface area contributed by atoms with Gasteiger partial charge in [0.1, 0.15) is 12.4 Å². The van der Waals surface area contributed by atoms with Crippen LogP contribution >= 0.6 is 0 Å². The molecule has 0 aromatic heterocycles. The van der Waals surface area contributed by atoms with E-state index in [9.17, 15) is 9.59 Å². The number of carbonyl (C=O) groups excluding carboxylic acids is 2. The topological polar surface area (TPSA) is 67.9 Å². The molecular formula is C29H28N2O4. The highest BCUT2D eigenvalue weighted by Gasteiger charge is 2.32. The van der Waals surface area contributed by atoms with Crippen LogP contribution in [0.5, 0.6) is 5.75 Å². The molecule has 1 heterocycles. The molecule has 1 amide bonds. The molecule has 0 atom stereocenters. The van der Waals surface area contributed by atoms with Crippen molar-refractivity contribution in [3.8, 4) is 5.75 Å². The minimum atomic E-state index is -0.153. The molecule has 0 saturated carbocycles. The van der Waals surface area contributed by atoms with Crippen molar-refractivity contribution in [3.05, 3.63) is 95.1 Å². The first-order valence-corrected chi connectivity index (χ1v) is 11.9. The molecule has 35 heavy (non-hydrogen) atoms. The van der Waals surface area contributed by atoms with Crippen LogP contribution in [0.1, 0.15) is 34.0 Å². The molecule has 1 saturated heterocycles. The number of ether oxygens (including phenoxy) is 2. The molecular weight excluding hydrogens is 440 g/mol. The molecule has 1 aliphatic carbocycles. The third kappa shape index (κ3) is 5.04. The van der Waals surface area contributed by atoms with Crippen LogP contribution in [0.3, 0.4) is 0 Å². The first-order valence-electron chi connectivity index (χ1n) is 11.9. The van der Waals surface area contributed by atoms with E-state index in [-0.39, 0.29) is 11.7 Å². The van der Waals surface area contributed by atoms with E-state index in [0.29, 0.717) is 29.2 Å². The van der Waals surface area contributed by atoms with E-state index < -0.39 is 0 Å². The van der Waals surface area contributed by atoms with Gasteiger partial charge in [0.05, 0.1) is 13.2 Å². The van der Waals surface area contributed by atoms with Crippen LogP contribution < -0.4 is 10.1 Å². The van der Waals surface area contributed by atoms with Crippen molar-refractivity contribution in [1.29, 1.82) is 0 Å². The molecule has 0 spiro atoms. The van der Waals surface area contributed by atoms with Gasteiger partial charge in [0, 0.05) is 49.0 Å². The van der Waals surface area contributed by atoms with Crippen LogP contribution in [0.4, 0.5) is 5.69 Å². The van der Waals surface area contributed by atoms with Gasteiger partial charge < -0.3 is 14.8 Å². The predicted molar refractivity (Wildman–Crippen MR) is 137 cm³/mol. The fourth-order valence-corrected chi connectivity index (χ4v) is 4.66. The number of carbonyl (C=O) groups is 2. The van der Waals surface area contributed by atoms with E-state index in [0.717, 1.165) is 55.1 Å². The van der Waals surface area contributed by atoms with Crippen molar-refractivity contribution >= 4 is 28.5 Å². The van der Waals surface area contributed by atoms with Gasteiger partial charge in [0.2, 0.25) is 5.91 Å². The molecule has 0 radical (unpaired) electrons. The Balaban J connectivity index is 1.46. The van der Waals surface area contributed by atoms with Crippen molar-refractivity contribution in [1.82, 2.24) is 4.90 Å². The number of rotatable bonds is 7. The molecule has 1 fully saturated rings. The van der Waals surface area contributed by atoms with E-state index in [4.69, 9.17) is 9.47 Å². The van der Waals surface area contributed by atoms with E-state index in [1.165, 1.54) is 6.92 Å². The molecule has 178 valence electrons. The highest BCUT2D eigenvalue weighted by atomic mass is 16.5. The van der Waals surface area contributed by atoms with Crippen LogP contribution in [0, 0.1) is 0 Å². The van der Waals surface area contributed by atoms with Crippen molar-refractivity contribution in [2.45, 2.75) is 6.92 Å². The van der Waals surface area contributed by atoms with Crippen molar-refractivity contribution in [3.63, 3.8) is 0 Å². The molecule has 1 N–H and O–H groups in total. The Morgan fingerprint density at radius 2 is 1.69 bits per heavy atom. The number of amides is 1. The number of nitrogens with one attached hydrogen (secondary N) is 1.